The number of halogens is 1. The molecule has 0 heterocycles. The molecule has 0 radical (unpaired) electrons. The maximum Gasteiger partial charge on any atom is 0.135 e. The molecule has 0 amide bonds. The molecule has 0 saturated carbocycles. The van der Waals surface area contributed by atoms with Crippen molar-refractivity contribution in [3.63, 3.8) is 0 Å². The summed E-state index contributed by atoms with van der Waals surface area (Å²) in [5.74, 6) is 0.726. The molecule has 3 nitrogen and oxygen atoms in total. The van der Waals surface area contributed by atoms with Gasteiger partial charge in [-0.25, -0.2) is 0 Å². The van der Waals surface area contributed by atoms with Gasteiger partial charge >= 0.3 is 0 Å². The molecule has 0 spiro atoms. The van der Waals surface area contributed by atoms with E-state index >= 15 is 0 Å². The number of hydrogen-bond donors (Lipinski definition) is 1. The molecule has 1 aromatic rings. The standard InChI is InChI=1S/C10H14ClNO2/c1-6-4-7(11)5-8(9(6)13-2)10(12)14-3/h4-5,10H,12H2,1-3H3. The third kappa shape index (κ3) is 2.18. The minimum Gasteiger partial charge on any atom is -0.496 e. The van der Waals surface area contributed by atoms with Crippen molar-refractivity contribution < 1.29 is 9.47 Å². The quantitative estimate of drug-likeness (QED) is 0.787. The van der Waals surface area contributed by atoms with Crippen LogP contribution in [0.1, 0.15) is 17.4 Å². The van der Waals surface area contributed by atoms with Crippen LogP contribution in [0.5, 0.6) is 5.75 Å². The first-order valence-electron chi connectivity index (χ1n) is 4.22. The Bertz CT molecular complexity index is 328. The van der Waals surface area contributed by atoms with Gasteiger partial charge in [0.15, 0.2) is 0 Å². The van der Waals surface area contributed by atoms with Gasteiger partial charge in [0.25, 0.3) is 0 Å². The molecule has 1 atom stereocenters. The van der Waals surface area contributed by atoms with E-state index < -0.39 is 6.23 Å². The van der Waals surface area contributed by atoms with Crippen molar-refractivity contribution in [2.75, 3.05) is 14.2 Å². The third-order valence-electron chi connectivity index (χ3n) is 2.03. The van der Waals surface area contributed by atoms with Crippen molar-refractivity contribution in [2.24, 2.45) is 5.73 Å². The monoisotopic (exact) mass is 215 g/mol. The highest BCUT2D eigenvalue weighted by Crippen LogP contribution is 2.31. The minimum atomic E-state index is -0.512. The number of rotatable bonds is 3. The van der Waals surface area contributed by atoms with E-state index in [0.29, 0.717) is 5.02 Å². The summed E-state index contributed by atoms with van der Waals surface area (Å²) >= 11 is 5.91. The lowest BCUT2D eigenvalue weighted by Gasteiger charge is -2.16. The summed E-state index contributed by atoms with van der Waals surface area (Å²) in [6, 6.07) is 3.58. The molecule has 2 N–H and O–H groups in total. The molecule has 1 unspecified atom stereocenters. The van der Waals surface area contributed by atoms with Gasteiger partial charge in [-0.1, -0.05) is 11.6 Å². The molecule has 0 saturated heterocycles. The van der Waals surface area contributed by atoms with Gasteiger partial charge in [-0.05, 0) is 24.6 Å². The average molecular weight is 216 g/mol. The number of hydrogen-bond acceptors (Lipinski definition) is 3. The molecule has 78 valence electrons. The SMILES string of the molecule is COc1c(C)cc(Cl)cc1C(N)OC. The largest absolute Gasteiger partial charge is 0.496 e. The van der Waals surface area contributed by atoms with Crippen LogP contribution in [0.2, 0.25) is 5.02 Å². The number of ether oxygens (including phenoxy) is 2. The average Bonchev–Trinajstić information content (AvgIpc) is 2.15. The predicted molar refractivity (Wildman–Crippen MR) is 56.7 cm³/mol. The highest BCUT2D eigenvalue weighted by molar-refractivity contribution is 6.30. The van der Waals surface area contributed by atoms with E-state index in [2.05, 4.69) is 0 Å². The molecule has 0 bridgehead atoms. The fourth-order valence-corrected chi connectivity index (χ4v) is 1.65. The first-order chi connectivity index (χ1) is 6.60. The molecule has 0 aliphatic rings. The zero-order valence-corrected chi connectivity index (χ0v) is 9.26. The lowest BCUT2D eigenvalue weighted by molar-refractivity contribution is 0.106. The Morgan fingerprint density at radius 2 is 2.00 bits per heavy atom. The summed E-state index contributed by atoms with van der Waals surface area (Å²) in [6.45, 7) is 1.91. The maximum absolute atomic E-state index is 5.91. The second kappa shape index (κ2) is 4.64. The van der Waals surface area contributed by atoms with E-state index in [1.165, 1.54) is 0 Å². The Hall–Kier alpha value is -0.770. The van der Waals surface area contributed by atoms with Crippen LogP contribution in [0.4, 0.5) is 0 Å². The fourth-order valence-electron chi connectivity index (χ4n) is 1.37. The molecule has 0 aliphatic carbocycles. The molecule has 1 rings (SSSR count). The zero-order chi connectivity index (χ0) is 10.7. The first kappa shape index (κ1) is 11.3. The lowest BCUT2D eigenvalue weighted by atomic mass is 10.1. The second-order valence-corrected chi connectivity index (χ2v) is 3.44. The maximum atomic E-state index is 5.91. The number of aryl methyl sites for hydroxylation is 1. The van der Waals surface area contributed by atoms with E-state index in [1.807, 2.05) is 13.0 Å². The molecular weight excluding hydrogens is 202 g/mol. The van der Waals surface area contributed by atoms with Crippen LogP contribution in [-0.2, 0) is 4.74 Å². The first-order valence-corrected chi connectivity index (χ1v) is 4.60. The van der Waals surface area contributed by atoms with E-state index in [0.717, 1.165) is 16.9 Å². The Balaban J connectivity index is 3.24. The van der Waals surface area contributed by atoms with Gasteiger partial charge in [-0.15, -0.1) is 0 Å². The van der Waals surface area contributed by atoms with Gasteiger partial charge in [-0.3, -0.25) is 0 Å². The Kier molecular flexibility index (Phi) is 3.75. The van der Waals surface area contributed by atoms with E-state index in [9.17, 15) is 0 Å². The van der Waals surface area contributed by atoms with Crippen LogP contribution in [0.15, 0.2) is 12.1 Å². The van der Waals surface area contributed by atoms with Crippen molar-refractivity contribution >= 4 is 11.6 Å². The molecule has 1 aromatic carbocycles. The molecule has 0 aromatic heterocycles. The molecule has 14 heavy (non-hydrogen) atoms. The van der Waals surface area contributed by atoms with Gasteiger partial charge in [0.1, 0.15) is 12.0 Å². The van der Waals surface area contributed by atoms with Crippen LogP contribution >= 0.6 is 11.6 Å². The third-order valence-corrected chi connectivity index (χ3v) is 2.25. The summed E-state index contributed by atoms with van der Waals surface area (Å²) in [5.41, 5.74) is 7.46. The highest BCUT2D eigenvalue weighted by Gasteiger charge is 2.14. The van der Waals surface area contributed by atoms with Crippen LogP contribution in [0.25, 0.3) is 0 Å². The van der Waals surface area contributed by atoms with Crippen molar-refractivity contribution in [3.05, 3.63) is 28.3 Å². The van der Waals surface area contributed by atoms with Gasteiger partial charge < -0.3 is 15.2 Å². The van der Waals surface area contributed by atoms with Gasteiger partial charge in [0.05, 0.1) is 7.11 Å². The summed E-state index contributed by atoms with van der Waals surface area (Å²) in [6.07, 6.45) is -0.512. The highest BCUT2D eigenvalue weighted by atomic mass is 35.5. The van der Waals surface area contributed by atoms with Crippen LogP contribution in [-0.4, -0.2) is 14.2 Å². The van der Waals surface area contributed by atoms with E-state index in [-0.39, 0.29) is 0 Å². The number of nitrogens with two attached hydrogens (primary N) is 1. The van der Waals surface area contributed by atoms with Gasteiger partial charge in [-0.2, -0.15) is 0 Å². The smallest absolute Gasteiger partial charge is 0.135 e. The van der Waals surface area contributed by atoms with Crippen molar-refractivity contribution in [1.29, 1.82) is 0 Å². The summed E-state index contributed by atoms with van der Waals surface area (Å²) in [5, 5.41) is 0.630. The van der Waals surface area contributed by atoms with Crippen LogP contribution < -0.4 is 10.5 Å². The summed E-state index contributed by atoms with van der Waals surface area (Å²) in [4.78, 5) is 0. The summed E-state index contributed by atoms with van der Waals surface area (Å²) < 4.78 is 10.3. The van der Waals surface area contributed by atoms with Crippen LogP contribution in [0, 0.1) is 6.92 Å². The van der Waals surface area contributed by atoms with E-state index in [4.69, 9.17) is 26.8 Å². The molecule has 0 aliphatic heterocycles. The van der Waals surface area contributed by atoms with Crippen molar-refractivity contribution in [2.45, 2.75) is 13.2 Å². The van der Waals surface area contributed by atoms with Gasteiger partial charge in [0, 0.05) is 17.7 Å². The molecular formula is C10H14ClNO2. The number of benzene rings is 1. The zero-order valence-electron chi connectivity index (χ0n) is 8.50. The van der Waals surface area contributed by atoms with Crippen LogP contribution in [0.3, 0.4) is 0 Å². The predicted octanol–water partition coefficient (Wildman–Crippen LogP) is 2.26. The van der Waals surface area contributed by atoms with Gasteiger partial charge in [0.2, 0.25) is 0 Å². The Morgan fingerprint density at radius 1 is 1.36 bits per heavy atom. The molecule has 4 heteroatoms. The Morgan fingerprint density at radius 3 is 2.50 bits per heavy atom. The van der Waals surface area contributed by atoms with Crippen molar-refractivity contribution in [1.82, 2.24) is 0 Å². The second-order valence-electron chi connectivity index (χ2n) is 3.00. The minimum absolute atomic E-state index is 0.512. The normalized spacial score (nSPS) is 12.6. The fraction of sp³-hybridized carbons (Fsp3) is 0.400. The molecule has 0 fully saturated rings. The van der Waals surface area contributed by atoms with E-state index in [1.54, 1.807) is 20.3 Å². The Labute approximate surface area is 88.8 Å². The number of methoxy groups -OCH3 is 2. The van der Waals surface area contributed by atoms with Crippen molar-refractivity contribution in [3.8, 4) is 5.75 Å². The topological polar surface area (TPSA) is 44.5 Å². The lowest BCUT2D eigenvalue weighted by Crippen LogP contribution is -2.13. The summed E-state index contributed by atoms with van der Waals surface area (Å²) in [7, 11) is 3.14.